The van der Waals surface area contributed by atoms with E-state index in [1.165, 1.54) is 17.5 Å². The first-order valence-corrected chi connectivity index (χ1v) is 11.2. The number of nitrogens with two attached hydrogens (primary N) is 1. The van der Waals surface area contributed by atoms with Crippen LogP contribution in [0.25, 0.3) is 11.1 Å². The molecule has 0 aliphatic carbocycles. The van der Waals surface area contributed by atoms with E-state index in [4.69, 9.17) is 10.7 Å². The zero-order valence-corrected chi connectivity index (χ0v) is 19.1. The van der Waals surface area contributed by atoms with Crippen molar-refractivity contribution >= 4 is 11.9 Å². The number of likely N-dealkylation sites (tertiary alicyclic amines) is 1. The summed E-state index contributed by atoms with van der Waals surface area (Å²) in [4.78, 5) is 25.9. The normalized spacial score (nSPS) is 16.7. The van der Waals surface area contributed by atoms with Crippen LogP contribution in [0.4, 0.5) is 5.95 Å². The lowest BCUT2D eigenvalue weighted by molar-refractivity contribution is 0.100. The molecular formula is C26H31N5O. The second-order valence-electron chi connectivity index (χ2n) is 8.72. The van der Waals surface area contributed by atoms with Crippen molar-refractivity contribution in [1.82, 2.24) is 14.9 Å². The molecule has 1 aliphatic heterocycles. The first-order valence-electron chi connectivity index (χ1n) is 11.2. The van der Waals surface area contributed by atoms with Gasteiger partial charge in [-0.1, -0.05) is 42.8 Å². The minimum Gasteiger partial charge on any atom is -0.366 e. The number of aryl methyl sites for hydroxylation is 1. The Labute approximate surface area is 190 Å². The molecule has 166 valence electrons. The van der Waals surface area contributed by atoms with Gasteiger partial charge < -0.3 is 10.6 Å². The molecule has 6 nitrogen and oxygen atoms in total. The summed E-state index contributed by atoms with van der Waals surface area (Å²) in [7, 11) is 3.91. The molecular weight excluding hydrogens is 398 g/mol. The maximum Gasteiger partial charge on any atom is 0.248 e. The van der Waals surface area contributed by atoms with Crippen LogP contribution < -0.4 is 10.6 Å². The van der Waals surface area contributed by atoms with Crippen LogP contribution in [0.3, 0.4) is 0 Å². The largest absolute Gasteiger partial charge is 0.366 e. The number of rotatable bonds is 6. The molecule has 0 spiro atoms. The Hall–Kier alpha value is -3.25. The molecule has 0 bridgehead atoms. The van der Waals surface area contributed by atoms with Crippen molar-refractivity contribution in [2.24, 2.45) is 5.73 Å². The number of aromatic nitrogens is 2. The van der Waals surface area contributed by atoms with Gasteiger partial charge >= 0.3 is 0 Å². The molecule has 32 heavy (non-hydrogen) atoms. The van der Waals surface area contributed by atoms with Gasteiger partial charge in [-0.25, -0.2) is 9.97 Å². The van der Waals surface area contributed by atoms with Gasteiger partial charge in [0.15, 0.2) is 0 Å². The van der Waals surface area contributed by atoms with E-state index in [0.717, 1.165) is 42.8 Å². The number of carbonyl (C=O) groups is 1. The summed E-state index contributed by atoms with van der Waals surface area (Å²) in [6.07, 6.45) is 5.27. The Morgan fingerprint density at radius 3 is 2.72 bits per heavy atom. The van der Waals surface area contributed by atoms with Crippen LogP contribution in [0.15, 0.2) is 54.7 Å². The van der Waals surface area contributed by atoms with E-state index < -0.39 is 5.91 Å². The molecule has 0 radical (unpaired) electrons. The molecule has 2 aromatic carbocycles. The van der Waals surface area contributed by atoms with Crippen LogP contribution in [-0.2, 0) is 6.54 Å². The molecule has 1 fully saturated rings. The number of piperidine rings is 1. The van der Waals surface area contributed by atoms with Gasteiger partial charge in [0.25, 0.3) is 0 Å². The average Bonchev–Trinajstić information content (AvgIpc) is 2.80. The van der Waals surface area contributed by atoms with Gasteiger partial charge in [-0.2, -0.15) is 0 Å². The lowest BCUT2D eigenvalue weighted by atomic mass is 9.92. The zero-order valence-electron chi connectivity index (χ0n) is 19.1. The lowest BCUT2D eigenvalue weighted by Gasteiger charge is -2.36. The first-order chi connectivity index (χ1) is 15.4. The van der Waals surface area contributed by atoms with Gasteiger partial charge in [0.05, 0.1) is 11.7 Å². The lowest BCUT2D eigenvalue weighted by Crippen LogP contribution is -2.34. The van der Waals surface area contributed by atoms with Crippen LogP contribution in [0.1, 0.15) is 52.5 Å². The molecule has 6 heteroatoms. The van der Waals surface area contributed by atoms with Crippen LogP contribution >= 0.6 is 0 Å². The van der Waals surface area contributed by atoms with Crippen molar-refractivity contribution < 1.29 is 4.79 Å². The Balaban J connectivity index is 1.79. The fourth-order valence-electron chi connectivity index (χ4n) is 4.41. The Bertz CT molecular complexity index is 1110. The Kier molecular flexibility index (Phi) is 6.51. The quantitative estimate of drug-likeness (QED) is 0.631. The average molecular weight is 430 g/mol. The van der Waals surface area contributed by atoms with Crippen molar-refractivity contribution in [3.63, 3.8) is 0 Å². The highest BCUT2D eigenvalue weighted by atomic mass is 16.1. The second-order valence-corrected chi connectivity index (χ2v) is 8.72. The topological polar surface area (TPSA) is 75.3 Å². The second kappa shape index (κ2) is 9.49. The minimum absolute atomic E-state index is 0.178. The minimum atomic E-state index is -0.432. The van der Waals surface area contributed by atoms with E-state index >= 15 is 0 Å². The van der Waals surface area contributed by atoms with E-state index in [2.05, 4.69) is 41.1 Å². The van der Waals surface area contributed by atoms with E-state index in [0.29, 0.717) is 11.5 Å². The van der Waals surface area contributed by atoms with Gasteiger partial charge in [-0.15, -0.1) is 0 Å². The molecule has 3 aromatic rings. The van der Waals surface area contributed by atoms with E-state index in [-0.39, 0.29) is 6.04 Å². The highest BCUT2D eigenvalue weighted by molar-refractivity contribution is 5.94. The van der Waals surface area contributed by atoms with Crippen molar-refractivity contribution in [2.75, 3.05) is 25.5 Å². The Morgan fingerprint density at radius 2 is 1.97 bits per heavy atom. The molecule has 1 unspecified atom stereocenters. The SMILES string of the molecule is Cc1ccccc1CN1CCCCC1c1nc(N(C)C)ncc1-c1cccc(C(N)=O)c1. The summed E-state index contributed by atoms with van der Waals surface area (Å²) < 4.78 is 0. The van der Waals surface area contributed by atoms with Crippen molar-refractivity contribution in [3.8, 4) is 11.1 Å². The molecule has 1 atom stereocenters. The summed E-state index contributed by atoms with van der Waals surface area (Å²) in [6.45, 7) is 4.09. The number of benzene rings is 2. The predicted molar refractivity (Wildman–Crippen MR) is 128 cm³/mol. The number of hydrogen-bond donors (Lipinski definition) is 1. The number of primary amides is 1. The van der Waals surface area contributed by atoms with Gasteiger partial charge in [0.2, 0.25) is 11.9 Å². The van der Waals surface area contributed by atoms with E-state index in [1.807, 2.05) is 43.4 Å². The van der Waals surface area contributed by atoms with Gasteiger partial charge in [0.1, 0.15) is 0 Å². The van der Waals surface area contributed by atoms with Crippen molar-refractivity contribution in [1.29, 1.82) is 0 Å². The summed E-state index contributed by atoms with van der Waals surface area (Å²) >= 11 is 0. The number of nitrogens with zero attached hydrogens (tertiary/aromatic N) is 4. The van der Waals surface area contributed by atoms with Gasteiger partial charge in [-0.3, -0.25) is 9.69 Å². The molecule has 1 amide bonds. The van der Waals surface area contributed by atoms with Crippen LogP contribution in [0.2, 0.25) is 0 Å². The summed E-state index contributed by atoms with van der Waals surface area (Å²) in [5.74, 6) is 0.259. The third-order valence-corrected chi connectivity index (χ3v) is 6.23. The summed E-state index contributed by atoms with van der Waals surface area (Å²) in [5, 5.41) is 0. The molecule has 1 saturated heterocycles. The van der Waals surface area contributed by atoms with Gasteiger partial charge in [-0.05, 0) is 55.1 Å². The molecule has 2 N–H and O–H groups in total. The maximum absolute atomic E-state index is 11.8. The number of hydrogen-bond acceptors (Lipinski definition) is 5. The molecule has 1 aliphatic rings. The third-order valence-electron chi connectivity index (χ3n) is 6.23. The van der Waals surface area contributed by atoms with Crippen molar-refractivity contribution in [2.45, 2.75) is 38.8 Å². The predicted octanol–water partition coefficient (Wildman–Crippen LogP) is 4.34. The number of carbonyl (C=O) groups excluding carboxylic acids is 1. The van der Waals surface area contributed by atoms with Gasteiger partial charge in [0, 0.05) is 38.0 Å². The van der Waals surface area contributed by atoms with E-state index in [1.54, 1.807) is 6.07 Å². The van der Waals surface area contributed by atoms with Crippen LogP contribution in [-0.4, -0.2) is 41.4 Å². The maximum atomic E-state index is 11.8. The fraction of sp³-hybridized carbons (Fsp3) is 0.346. The molecule has 2 heterocycles. The monoisotopic (exact) mass is 429 g/mol. The van der Waals surface area contributed by atoms with Crippen molar-refractivity contribution in [3.05, 3.63) is 77.1 Å². The van der Waals surface area contributed by atoms with Crippen LogP contribution in [0, 0.1) is 6.92 Å². The standard InChI is InChI=1S/C26H31N5O/c1-18-9-4-5-10-21(18)17-31-14-7-6-13-23(31)24-22(16-28-26(29-24)30(2)3)19-11-8-12-20(15-19)25(27)32/h4-5,8-12,15-16,23H,6-7,13-14,17H2,1-3H3,(H2,27,32). The first kappa shape index (κ1) is 22.0. The summed E-state index contributed by atoms with van der Waals surface area (Å²) in [5.41, 5.74) is 11.6. The summed E-state index contributed by atoms with van der Waals surface area (Å²) in [6, 6.07) is 16.2. The fourth-order valence-corrected chi connectivity index (χ4v) is 4.41. The molecule has 0 saturated carbocycles. The molecule has 1 aromatic heterocycles. The zero-order chi connectivity index (χ0) is 22.7. The Morgan fingerprint density at radius 1 is 1.16 bits per heavy atom. The number of amides is 1. The van der Waals surface area contributed by atoms with E-state index in [9.17, 15) is 4.79 Å². The number of anilines is 1. The highest BCUT2D eigenvalue weighted by Gasteiger charge is 2.29. The third kappa shape index (κ3) is 4.65. The molecule has 4 rings (SSSR count). The smallest absolute Gasteiger partial charge is 0.248 e. The van der Waals surface area contributed by atoms with Crippen LogP contribution in [0.5, 0.6) is 0 Å². The highest BCUT2D eigenvalue weighted by Crippen LogP contribution is 2.37.